The van der Waals surface area contributed by atoms with E-state index in [9.17, 15) is 8.42 Å². The smallest absolute Gasteiger partial charge is 0.211 e. The first-order valence-corrected chi connectivity index (χ1v) is 11.5. The minimum absolute atomic E-state index is 0. The van der Waals surface area contributed by atoms with E-state index in [0.717, 1.165) is 64.7 Å². The number of hydrogen-bond acceptors (Lipinski definition) is 5. The molecule has 2 rings (SSSR count). The van der Waals surface area contributed by atoms with Gasteiger partial charge in [0.2, 0.25) is 10.0 Å². The highest BCUT2D eigenvalue weighted by molar-refractivity contribution is 14.0. The van der Waals surface area contributed by atoms with E-state index in [1.807, 2.05) is 0 Å². The summed E-state index contributed by atoms with van der Waals surface area (Å²) in [4.78, 5) is 7.15. The fourth-order valence-corrected chi connectivity index (χ4v) is 4.26. The van der Waals surface area contributed by atoms with Gasteiger partial charge in [0.1, 0.15) is 0 Å². The number of nitrogens with one attached hydrogen (secondary N) is 2. The first-order chi connectivity index (χ1) is 12.4. The summed E-state index contributed by atoms with van der Waals surface area (Å²) >= 11 is 0. The van der Waals surface area contributed by atoms with Crippen molar-refractivity contribution in [2.75, 3.05) is 65.3 Å². The van der Waals surface area contributed by atoms with Crippen LogP contribution in [0.4, 0.5) is 0 Å². The number of aliphatic imine (C=N–C) groups is 1. The molecule has 2 saturated heterocycles. The molecule has 160 valence electrons. The van der Waals surface area contributed by atoms with Crippen molar-refractivity contribution >= 4 is 40.0 Å². The third-order valence-electron chi connectivity index (χ3n) is 5.13. The molecule has 2 fully saturated rings. The van der Waals surface area contributed by atoms with Gasteiger partial charge in [-0.3, -0.25) is 9.89 Å². The average molecular weight is 517 g/mol. The molecule has 0 aromatic carbocycles. The van der Waals surface area contributed by atoms with Gasteiger partial charge < -0.3 is 15.4 Å². The minimum atomic E-state index is -3.05. The van der Waals surface area contributed by atoms with Crippen molar-refractivity contribution in [3.05, 3.63) is 0 Å². The van der Waals surface area contributed by atoms with Gasteiger partial charge in [0.25, 0.3) is 0 Å². The van der Waals surface area contributed by atoms with Gasteiger partial charge in [-0.05, 0) is 32.6 Å². The highest BCUT2D eigenvalue weighted by Gasteiger charge is 2.25. The number of ether oxygens (including phenoxy) is 1. The lowest BCUT2D eigenvalue weighted by Gasteiger charge is -2.32. The molecule has 1 unspecified atom stereocenters. The van der Waals surface area contributed by atoms with E-state index >= 15 is 0 Å². The zero-order chi connectivity index (χ0) is 19.0. The van der Waals surface area contributed by atoms with Crippen LogP contribution in [0.25, 0.3) is 0 Å². The predicted octanol–water partition coefficient (Wildman–Crippen LogP) is 0.552. The Bertz CT molecular complexity index is 547. The standard InChI is InChI=1S/C17H35N5O3S.HI/c1-4-18-17(19-13-15(2)21-9-11-25-12-10-21)20-14-16-5-7-22(8-6-16)26(3,23)24;/h15-16H,4-14H2,1-3H3,(H2,18,19,20);1H. The zero-order valence-corrected chi connectivity index (χ0v) is 20.0. The summed E-state index contributed by atoms with van der Waals surface area (Å²) in [6.45, 7) is 11.5. The van der Waals surface area contributed by atoms with E-state index < -0.39 is 10.0 Å². The van der Waals surface area contributed by atoms with Gasteiger partial charge >= 0.3 is 0 Å². The summed E-state index contributed by atoms with van der Waals surface area (Å²) < 4.78 is 30.2. The van der Waals surface area contributed by atoms with E-state index in [4.69, 9.17) is 9.73 Å². The lowest BCUT2D eigenvalue weighted by molar-refractivity contribution is 0.0220. The van der Waals surface area contributed by atoms with Crippen LogP contribution in [0.1, 0.15) is 26.7 Å². The zero-order valence-electron chi connectivity index (χ0n) is 16.8. The van der Waals surface area contributed by atoms with Crippen LogP contribution < -0.4 is 10.6 Å². The summed E-state index contributed by atoms with van der Waals surface area (Å²) in [7, 11) is -3.05. The average Bonchev–Trinajstić information content (AvgIpc) is 2.64. The van der Waals surface area contributed by atoms with Crippen LogP contribution >= 0.6 is 24.0 Å². The van der Waals surface area contributed by atoms with E-state index in [2.05, 4.69) is 29.4 Å². The molecule has 2 aliphatic rings. The first kappa shape index (κ1) is 24.9. The van der Waals surface area contributed by atoms with Crippen LogP contribution in [-0.2, 0) is 14.8 Å². The Hall–Kier alpha value is -0.170. The van der Waals surface area contributed by atoms with E-state index in [1.54, 1.807) is 4.31 Å². The fraction of sp³-hybridized carbons (Fsp3) is 0.941. The van der Waals surface area contributed by atoms with Crippen LogP contribution in [-0.4, -0.2) is 94.9 Å². The minimum Gasteiger partial charge on any atom is -0.379 e. The Balaban J connectivity index is 0.00000364. The molecule has 8 nitrogen and oxygen atoms in total. The van der Waals surface area contributed by atoms with Gasteiger partial charge in [-0.2, -0.15) is 0 Å². The van der Waals surface area contributed by atoms with E-state index in [1.165, 1.54) is 6.26 Å². The Morgan fingerprint density at radius 1 is 1.19 bits per heavy atom. The largest absolute Gasteiger partial charge is 0.379 e. The molecule has 27 heavy (non-hydrogen) atoms. The molecule has 1 atom stereocenters. The number of piperidine rings is 1. The maximum absolute atomic E-state index is 11.6. The maximum atomic E-state index is 11.6. The topological polar surface area (TPSA) is 86.3 Å². The number of nitrogens with zero attached hydrogens (tertiary/aromatic N) is 3. The molecule has 2 heterocycles. The highest BCUT2D eigenvalue weighted by Crippen LogP contribution is 2.18. The summed E-state index contributed by atoms with van der Waals surface area (Å²) in [5.41, 5.74) is 0. The molecule has 0 radical (unpaired) electrons. The maximum Gasteiger partial charge on any atom is 0.211 e. The van der Waals surface area contributed by atoms with Gasteiger partial charge in [-0.1, -0.05) is 0 Å². The second-order valence-electron chi connectivity index (χ2n) is 7.20. The molecule has 2 aliphatic heterocycles. The number of halogens is 1. The molecule has 0 aromatic heterocycles. The van der Waals surface area contributed by atoms with Gasteiger partial charge in [0.15, 0.2) is 5.96 Å². The molecule has 0 saturated carbocycles. The van der Waals surface area contributed by atoms with Crippen molar-refractivity contribution in [3.8, 4) is 0 Å². The number of guanidine groups is 1. The fourth-order valence-electron chi connectivity index (χ4n) is 3.38. The number of hydrogen-bond donors (Lipinski definition) is 2. The monoisotopic (exact) mass is 517 g/mol. The van der Waals surface area contributed by atoms with Crippen LogP contribution in [0, 0.1) is 5.92 Å². The second kappa shape index (κ2) is 12.4. The third-order valence-corrected chi connectivity index (χ3v) is 6.43. The lowest BCUT2D eigenvalue weighted by Crippen LogP contribution is -2.46. The number of sulfonamides is 1. The predicted molar refractivity (Wildman–Crippen MR) is 120 cm³/mol. The van der Waals surface area contributed by atoms with Gasteiger partial charge in [-0.25, -0.2) is 12.7 Å². The molecular weight excluding hydrogens is 481 g/mol. The van der Waals surface area contributed by atoms with Crippen LogP contribution in [0.5, 0.6) is 0 Å². The molecule has 2 N–H and O–H groups in total. The van der Waals surface area contributed by atoms with Crippen LogP contribution in [0.3, 0.4) is 0 Å². The van der Waals surface area contributed by atoms with Crippen molar-refractivity contribution in [1.82, 2.24) is 19.8 Å². The van der Waals surface area contributed by atoms with Crippen molar-refractivity contribution < 1.29 is 13.2 Å². The summed E-state index contributed by atoms with van der Waals surface area (Å²) in [6, 6.07) is 0.396. The quantitative estimate of drug-likeness (QED) is 0.292. The Morgan fingerprint density at radius 2 is 1.81 bits per heavy atom. The Morgan fingerprint density at radius 3 is 2.37 bits per heavy atom. The van der Waals surface area contributed by atoms with Gasteiger partial charge in [-0.15, -0.1) is 24.0 Å². The number of morpholine rings is 1. The Labute approximate surface area is 181 Å². The van der Waals surface area contributed by atoms with Crippen molar-refractivity contribution in [1.29, 1.82) is 0 Å². The second-order valence-corrected chi connectivity index (χ2v) is 9.19. The SMILES string of the molecule is CCNC(=NCC(C)N1CCOCC1)NCC1CCN(S(C)(=O)=O)CC1.I. The van der Waals surface area contributed by atoms with Crippen molar-refractivity contribution in [3.63, 3.8) is 0 Å². The summed E-state index contributed by atoms with van der Waals surface area (Å²) in [6.07, 6.45) is 3.07. The molecule has 0 aromatic rings. The molecule has 0 aliphatic carbocycles. The highest BCUT2D eigenvalue weighted by atomic mass is 127. The Kier molecular flexibility index (Phi) is 11.4. The van der Waals surface area contributed by atoms with E-state index in [0.29, 0.717) is 25.0 Å². The van der Waals surface area contributed by atoms with Gasteiger partial charge in [0, 0.05) is 45.3 Å². The summed E-state index contributed by atoms with van der Waals surface area (Å²) in [5.74, 6) is 1.33. The molecule has 0 amide bonds. The lowest BCUT2D eigenvalue weighted by atomic mass is 9.98. The molecule has 10 heteroatoms. The van der Waals surface area contributed by atoms with Crippen LogP contribution in [0.15, 0.2) is 4.99 Å². The van der Waals surface area contributed by atoms with Crippen molar-refractivity contribution in [2.45, 2.75) is 32.7 Å². The summed E-state index contributed by atoms with van der Waals surface area (Å²) in [5, 5.41) is 6.73. The van der Waals surface area contributed by atoms with Crippen molar-refractivity contribution in [2.24, 2.45) is 10.9 Å². The molecule has 0 bridgehead atoms. The third kappa shape index (κ3) is 8.80. The van der Waals surface area contributed by atoms with Gasteiger partial charge in [0.05, 0.1) is 26.0 Å². The van der Waals surface area contributed by atoms with Crippen LogP contribution in [0.2, 0.25) is 0 Å². The molecular formula is C17H36IN5O3S. The van der Waals surface area contributed by atoms with E-state index in [-0.39, 0.29) is 24.0 Å². The normalized spacial score (nSPS) is 22.1. The molecule has 0 spiro atoms. The first-order valence-electron chi connectivity index (χ1n) is 9.69. The number of rotatable bonds is 7.